The molecule has 2 heteroatoms. The average molecular weight is 681 g/mol. The number of hydrogen-bond donors (Lipinski definition) is 0. The molecule has 8 aromatic rings. The van der Waals surface area contributed by atoms with Gasteiger partial charge in [0.2, 0.25) is 0 Å². The number of aromatic nitrogens is 1. The lowest BCUT2D eigenvalue weighted by Crippen LogP contribution is -2.14. The van der Waals surface area contributed by atoms with Crippen molar-refractivity contribution in [2.24, 2.45) is 0 Å². The Labute approximate surface area is 312 Å². The zero-order valence-electron chi connectivity index (χ0n) is 29.9. The molecule has 0 N–H and O–H groups in total. The van der Waals surface area contributed by atoms with Crippen LogP contribution in [0.15, 0.2) is 213 Å². The van der Waals surface area contributed by atoms with Gasteiger partial charge in [-0.1, -0.05) is 153 Å². The molecular formula is C51H40N2. The van der Waals surface area contributed by atoms with Crippen molar-refractivity contribution >= 4 is 44.8 Å². The number of anilines is 2. The Hall–Kier alpha value is -6.90. The van der Waals surface area contributed by atoms with E-state index in [2.05, 4.69) is 218 Å². The lowest BCUT2D eigenvalue weighted by molar-refractivity contribution is 1.18. The lowest BCUT2D eigenvalue weighted by Gasteiger charge is -2.26. The van der Waals surface area contributed by atoms with Gasteiger partial charge in [0.25, 0.3) is 0 Å². The largest absolute Gasteiger partial charge is 0.311 e. The van der Waals surface area contributed by atoms with Crippen LogP contribution in [-0.2, 0) is 0 Å². The molecular weight excluding hydrogens is 641 g/mol. The molecule has 0 aliphatic carbocycles. The molecule has 0 saturated carbocycles. The van der Waals surface area contributed by atoms with Crippen LogP contribution in [0.3, 0.4) is 0 Å². The van der Waals surface area contributed by atoms with Crippen LogP contribution >= 0.6 is 0 Å². The molecule has 0 fully saturated rings. The third-order valence-corrected chi connectivity index (χ3v) is 9.89. The van der Waals surface area contributed by atoms with E-state index in [1.165, 1.54) is 38.6 Å². The van der Waals surface area contributed by atoms with E-state index < -0.39 is 0 Å². The van der Waals surface area contributed by atoms with Gasteiger partial charge in [-0.3, -0.25) is 0 Å². The van der Waals surface area contributed by atoms with Gasteiger partial charge in [0.05, 0.1) is 11.0 Å². The first kappa shape index (κ1) is 33.3. The van der Waals surface area contributed by atoms with Crippen molar-refractivity contribution in [3.63, 3.8) is 0 Å². The molecule has 254 valence electrons. The quantitative estimate of drug-likeness (QED) is 0.131. The van der Waals surface area contributed by atoms with E-state index in [0.717, 1.165) is 44.9 Å². The molecule has 0 radical (unpaired) electrons. The fourth-order valence-corrected chi connectivity index (χ4v) is 7.16. The maximum atomic E-state index is 4.65. The van der Waals surface area contributed by atoms with E-state index in [-0.39, 0.29) is 0 Å². The summed E-state index contributed by atoms with van der Waals surface area (Å²) in [5.74, 6) is 0. The third-order valence-electron chi connectivity index (χ3n) is 9.89. The first-order valence-electron chi connectivity index (χ1n) is 18.0. The predicted octanol–water partition coefficient (Wildman–Crippen LogP) is 14.1. The van der Waals surface area contributed by atoms with Crippen molar-refractivity contribution in [3.05, 3.63) is 224 Å². The summed E-state index contributed by atoms with van der Waals surface area (Å²) in [7, 11) is 0. The second-order valence-electron chi connectivity index (χ2n) is 13.1. The van der Waals surface area contributed by atoms with Crippen LogP contribution in [-0.4, -0.2) is 4.57 Å². The Bertz CT molecular complexity index is 2610. The van der Waals surface area contributed by atoms with Crippen molar-refractivity contribution in [3.8, 4) is 27.9 Å². The zero-order chi connectivity index (χ0) is 36.1. The average Bonchev–Trinajstić information content (AvgIpc) is 3.55. The normalized spacial score (nSPS) is 11.7. The van der Waals surface area contributed by atoms with E-state index in [1.807, 2.05) is 12.1 Å². The fraction of sp³-hybridized carbons (Fsp3) is 0.0196. The highest BCUT2D eigenvalue weighted by molar-refractivity contribution is 6.11. The molecule has 2 nitrogen and oxygen atoms in total. The van der Waals surface area contributed by atoms with Gasteiger partial charge in [0.1, 0.15) is 0 Å². The number of allylic oxidation sites excluding steroid dienone is 4. The lowest BCUT2D eigenvalue weighted by atomic mass is 10.0. The number of para-hydroxylation sites is 1. The molecule has 1 aromatic heterocycles. The number of benzene rings is 7. The highest BCUT2D eigenvalue weighted by Crippen LogP contribution is 2.40. The molecule has 0 aliphatic heterocycles. The SMILES string of the molecule is C=Cc1ccc(-c2ccc3c(c2)c2cc(N(C(=C)/C=C\C(=C/C)c4ccccc4)c4ccc(-c5ccccc5)cc4)ccc2n3-c2ccccc2)cc1. The number of fused-ring (bicyclic) bond motifs is 3. The summed E-state index contributed by atoms with van der Waals surface area (Å²) in [6.45, 7) is 10.7. The highest BCUT2D eigenvalue weighted by Gasteiger charge is 2.18. The Morgan fingerprint density at radius 3 is 1.72 bits per heavy atom. The van der Waals surface area contributed by atoms with Crippen molar-refractivity contribution < 1.29 is 0 Å². The van der Waals surface area contributed by atoms with Crippen molar-refractivity contribution in [2.45, 2.75) is 6.92 Å². The van der Waals surface area contributed by atoms with Gasteiger partial charge in [0.15, 0.2) is 0 Å². The van der Waals surface area contributed by atoms with Gasteiger partial charge in [-0.05, 0) is 107 Å². The van der Waals surface area contributed by atoms with Gasteiger partial charge >= 0.3 is 0 Å². The van der Waals surface area contributed by atoms with Crippen LogP contribution in [0.4, 0.5) is 11.4 Å². The Kier molecular flexibility index (Phi) is 9.26. The Morgan fingerprint density at radius 1 is 0.528 bits per heavy atom. The third kappa shape index (κ3) is 6.67. The van der Waals surface area contributed by atoms with Crippen LogP contribution in [0.25, 0.3) is 61.4 Å². The minimum atomic E-state index is 0.863. The minimum Gasteiger partial charge on any atom is -0.311 e. The molecule has 0 aliphatic rings. The fourth-order valence-electron chi connectivity index (χ4n) is 7.16. The predicted molar refractivity (Wildman–Crippen MR) is 229 cm³/mol. The first-order chi connectivity index (χ1) is 26.1. The minimum absolute atomic E-state index is 0.863. The highest BCUT2D eigenvalue weighted by atomic mass is 15.1. The second-order valence-corrected chi connectivity index (χ2v) is 13.1. The van der Waals surface area contributed by atoms with Crippen molar-refractivity contribution in [1.82, 2.24) is 4.57 Å². The Morgan fingerprint density at radius 2 is 1.06 bits per heavy atom. The second kappa shape index (κ2) is 14.8. The molecule has 0 amide bonds. The van der Waals surface area contributed by atoms with Gasteiger partial charge in [-0.2, -0.15) is 0 Å². The smallest absolute Gasteiger partial charge is 0.0542 e. The van der Waals surface area contributed by atoms with Crippen LogP contribution in [0, 0.1) is 0 Å². The molecule has 8 rings (SSSR count). The van der Waals surface area contributed by atoms with Crippen molar-refractivity contribution in [1.29, 1.82) is 0 Å². The van der Waals surface area contributed by atoms with E-state index in [4.69, 9.17) is 0 Å². The summed E-state index contributed by atoms with van der Waals surface area (Å²) in [6, 6.07) is 62.5. The van der Waals surface area contributed by atoms with E-state index in [0.29, 0.717) is 0 Å². The Balaban J connectivity index is 1.29. The number of rotatable bonds is 10. The molecule has 0 atom stereocenters. The van der Waals surface area contributed by atoms with Crippen LogP contribution < -0.4 is 4.90 Å². The summed E-state index contributed by atoms with van der Waals surface area (Å²) in [5.41, 5.74) is 14.5. The molecule has 7 aromatic carbocycles. The van der Waals surface area contributed by atoms with Crippen molar-refractivity contribution in [2.75, 3.05) is 4.90 Å². The van der Waals surface area contributed by atoms with Crippen LogP contribution in [0.2, 0.25) is 0 Å². The van der Waals surface area contributed by atoms with E-state index in [1.54, 1.807) is 0 Å². The zero-order valence-corrected chi connectivity index (χ0v) is 29.9. The van der Waals surface area contributed by atoms with E-state index in [9.17, 15) is 0 Å². The van der Waals surface area contributed by atoms with Gasteiger partial charge < -0.3 is 9.47 Å². The number of nitrogens with zero attached hydrogens (tertiary/aromatic N) is 2. The molecule has 0 unspecified atom stereocenters. The molecule has 1 heterocycles. The molecule has 0 spiro atoms. The summed E-state index contributed by atoms with van der Waals surface area (Å²) >= 11 is 0. The monoisotopic (exact) mass is 680 g/mol. The van der Waals surface area contributed by atoms with Gasteiger partial charge in [0, 0.05) is 33.5 Å². The molecule has 0 bridgehead atoms. The van der Waals surface area contributed by atoms with Crippen LogP contribution in [0.1, 0.15) is 18.1 Å². The standard InChI is InChI=1S/C51H40N2/c1-4-38-22-25-43(26-23-38)44-29-33-50-48(35-44)49-36-47(32-34-51(49)53(50)45-19-13-8-14-20-45)52(37(3)21-24-39(5-2)40-15-9-6-10-16-40)46-30-27-42(28-31-46)41-17-11-7-12-18-41/h4-36H,1,3H2,2H3/b24-21-,39-5+. The maximum absolute atomic E-state index is 4.65. The number of hydrogen-bond acceptors (Lipinski definition) is 1. The molecule has 53 heavy (non-hydrogen) atoms. The molecule has 0 saturated heterocycles. The van der Waals surface area contributed by atoms with Crippen LogP contribution in [0.5, 0.6) is 0 Å². The summed E-state index contributed by atoms with van der Waals surface area (Å²) in [4.78, 5) is 2.26. The van der Waals surface area contributed by atoms with Gasteiger partial charge in [-0.15, -0.1) is 0 Å². The maximum Gasteiger partial charge on any atom is 0.0542 e. The summed E-state index contributed by atoms with van der Waals surface area (Å²) in [5, 5.41) is 2.36. The first-order valence-corrected chi connectivity index (χ1v) is 18.0. The van der Waals surface area contributed by atoms with E-state index >= 15 is 0 Å². The summed E-state index contributed by atoms with van der Waals surface area (Å²) in [6.07, 6.45) is 8.31. The van der Waals surface area contributed by atoms with Gasteiger partial charge in [-0.25, -0.2) is 0 Å². The topological polar surface area (TPSA) is 8.17 Å². The summed E-state index contributed by atoms with van der Waals surface area (Å²) < 4.78 is 2.37.